The molecule has 0 radical (unpaired) electrons. The number of pyridine rings is 1. The molecule has 0 aliphatic heterocycles. The maximum Gasteiger partial charge on any atom is 0.224 e. The summed E-state index contributed by atoms with van der Waals surface area (Å²) in [7, 11) is 0. The number of hydrogen-bond acceptors (Lipinski definition) is 4. The van der Waals surface area contributed by atoms with Crippen molar-refractivity contribution >= 4 is 29.8 Å². The molecule has 0 aliphatic carbocycles. The SMILES string of the molecule is Cc1cc(N)nc(CCCCC(=O)Nc2cc(C(C)(C)C)c(O)c(C(C)(C)C)c2)c1.Cl. The summed E-state index contributed by atoms with van der Waals surface area (Å²) in [5, 5.41) is 13.8. The molecule has 1 aromatic carbocycles. The highest BCUT2D eigenvalue weighted by atomic mass is 35.5. The zero-order valence-corrected chi connectivity index (χ0v) is 20.7. The number of aromatic hydroxyl groups is 1. The first kappa shape index (κ1) is 26.8. The number of carbonyl (C=O) groups excluding carboxylic acids is 1. The van der Waals surface area contributed by atoms with E-state index in [2.05, 4.69) is 51.8 Å². The zero-order valence-electron chi connectivity index (χ0n) is 19.9. The number of amides is 1. The van der Waals surface area contributed by atoms with E-state index in [9.17, 15) is 9.90 Å². The van der Waals surface area contributed by atoms with Crippen LogP contribution in [0, 0.1) is 6.92 Å². The maximum absolute atomic E-state index is 12.5. The van der Waals surface area contributed by atoms with Gasteiger partial charge in [0.2, 0.25) is 5.91 Å². The number of benzene rings is 1. The number of anilines is 2. The first-order chi connectivity index (χ1) is 13.8. The Balaban J connectivity index is 0.00000480. The van der Waals surface area contributed by atoms with Gasteiger partial charge < -0.3 is 16.2 Å². The lowest BCUT2D eigenvalue weighted by atomic mass is 9.79. The highest BCUT2D eigenvalue weighted by molar-refractivity contribution is 5.91. The van der Waals surface area contributed by atoms with E-state index in [0.717, 1.165) is 47.3 Å². The molecule has 172 valence electrons. The molecule has 31 heavy (non-hydrogen) atoms. The second-order valence-electron chi connectivity index (χ2n) is 10.2. The third-order valence-corrected chi connectivity index (χ3v) is 5.14. The number of carbonyl (C=O) groups is 1. The van der Waals surface area contributed by atoms with Crippen molar-refractivity contribution in [3.8, 4) is 5.75 Å². The Bertz CT molecular complexity index is 857. The van der Waals surface area contributed by atoms with Crippen LogP contribution in [0.1, 0.15) is 83.2 Å². The number of phenolic OH excluding ortho intramolecular Hbond substituents is 1. The topological polar surface area (TPSA) is 88.2 Å². The minimum absolute atomic E-state index is 0. The second-order valence-corrected chi connectivity index (χ2v) is 10.2. The van der Waals surface area contributed by atoms with Gasteiger partial charge >= 0.3 is 0 Å². The Morgan fingerprint density at radius 2 is 1.55 bits per heavy atom. The quantitative estimate of drug-likeness (QED) is 0.371. The molecule has 0 aliphatic rings. The van der Waals surface area contributed by atoms with Crippen LogP contribution in [0.4, 0.5) is 11.5 Å². The fourth-order valence-electron chi connectivity index (χ4n) is 3.56. The van der Waals surface area contributed by atoms with Crippen LogP contribution in [0.15, 0.2) is 24.3 Å². The van der Waals surface area contributed by atoms with Gasteiger partial charge in [-0.2, -0.15) is 0 Å². The summed E-state index contributed by atoms with van der Waals surface area (Å²) in [6, 6.07) is 7.67. The summed E-state index contributed by atoms with van der Waals surface area (Å²) in [5.41, 5.74) is 9.83. The van der Waals surface area contributed by atoms with Gasteiger partial charge in [-0.3, -0.25) is 4.79 Å². The highest BCUT2D eigenvalue weighted by Gasteiger charge is 2.26. The molecule has 5 nitrogen and oxygen atoms in total. The van der Waals surface area contributed by atoms with Crippen molar-refractivity contribution in [2.24, 2.45) is 0 Å². The Morgan fingerprint density at radius 1 is 1.00 bits per heavy atom. The molecular weight excluding hydrogens is 410 g/mol. The van der Waals surface area contributed by atoms with Gasteiger partial charge in [-0.15, -0.1) is 12.4 Å². The molecule has 2 aromatic rings. The molecule has 2 rings (SSSR count). The Kier molecular flexibility index (Phi) is 8.95. The number of aromatic nitrogens is 1. The summed E-state index contributed by atoms with van der Waals surface area (Å²) < 4.78 is 0. The highest BCUT2D eigenvalue weighted by Crippen LogP contribution is 2.41. The molecule has 6 heteroatoms. The molecule has 0 atom stereocenters. The summed E-state index contributed by atoms with van der Waals surface area (Å²) in [4.78, 5) is 16.9. The Labute approximate surface area is 193 Å². The van der Waals surface area contributed by atoms with Gasteiger partial charge in [0.15, 0.2) is 0 Å². The molecule has 4 N–H and O–H groups in total. The molecule has 0 fully saturated rings. The molecule has 0 unspecified atom stereocenters. The number of phenols is 1. The Hall–Kier alpha value is -2.27. The van der Waals surface area contributed by atoms with Crippen LogP contribution in [-0.2, 0) is 22.0 Å². The van der Waals surface area contributed by atoms with E-state index in [4.69, 9.17) is 5.73 Å². The number of hydrogen-bond donors (Lipinski definition) is 3. The summed E-state index contributed by atoms with van der Waals surface area (Å²) in [6.07, 6.45) is 2.90. The van der Waals surface area contributed by atoms with Crippen LogP contribution < -0.4 is 11.1 Å². The number of nitrogens with two attached hydrogens (primary N) is 1. The molecule has 0 bridgehead atoms. The van der Waals surface area contributed by atoms with E-state index in [-0.39, 0.29) is 29.1 Å². The van der Waals surface area contributed by atoms with Crippen LogP contribution in [0.5, 0.6) is 5.75 Å². The normalized spacial score (nSPS) is 11.7. The molecule has 0 spiro atoms. The third kappa shape index (κ3) is 7.73. The fraction of sp³-hybridized carbons (Fsp3) is 0.520. The largest absolute Gasteiger partial charge is 0.507 e. The van der Waals surface area contributed by atoms with Gasteiger partial charge in [0, 0.05) is 28.9 Å². The maximum atomic E-state index is 12.5. The minimum atomic E-state index is -0.229. The lowest BCUT2D eigenvalue weighted by Gasteiger charge is -2.28. The zero-order chi connectivity index (χ0) is 22.7. The van der Waals surface area contributed by atoms with Crippen LogP contribution >= 0.6 is 12.4 Å². The predicted octanol–water partition coefficient (Wildman–Crippen LogP) is 6.05. The average molecular weight is 448 g/mol. The van der Waals surface area contributed by atoms with E-state index >= 15 is 0 Å². The number of unbranched alkanes of at least 4 members (excludes halogenated alkanes) is 1. The number of nitrogens with zero attached hydrogens (tertiary/aromatic N) is 1. The van der Waals surface area contributed by atoms with Gasteiger partial charge in [0.1, 0.15) is 11.6 Å². The number of rotatable bonds is 6. The minimum Gasteiger partial charge on any atom is -0.507 e. The molecular formula is C25H38ClN3O2. The average Bonchev–Trinajstić information content (AvgIpc) is 2.57. The molecule has 1 amide bonds. The smallest absolute Gasteiger partial charge is 0.224 e. The first-order valence-electron chi connectivity index (χ1n) is 10.7. The van der Waals surface area contributed by atoms with Crippen molar-refractivity contribution in [3.05, 3.63) is 46.6 Å². The predicted molar refractivity (Wildman–Crippen MR) is 132 cm³/mol. The van der Waals surface area contributed by atoms with Gasteiger partial charge in [-0.25, -0.2) is 4.98 Å². The van der Waals surface area contributed by atoms with Crippen molar-refractivity contribution in [2.75, 3.05) is 11.1 Å². The number of aryl methyl sites for hydroxylation is 2. The van der Waals surface area contributed by atoms with E-state index in [0.29, 0.717) is 18.0 Å². The van der Waals surface area contributed by atoms with Crippen LogP contribution in [0.25, 0.3) is 0 Å². The van der Waals surface area contributed by atoms with Gasteiger partial charge in [0.25, 0.3) is 0 Å². The molecule has 1 heterocycles. The monoisotopic (exact) mass is 447 g/mol. The van der Waals surface area contributed by atoms with Crippen LogP contribution in [0.2, 0.25) is 0 Å². The standard InChI is InChI=1S/C25H37N3O2.ClH/c1-16-12-17(27-21(26)13-16)10-8-9-11-22(29)28-18-14-19(24(2,3)4)23(30)20(15-18)25(5,6)7;/h12-15,30H,8-11H2,1-7H3,(H2,26,27)(H,28,29);1H. The van der Waals surface area contributed by atoms with Crippen LogP contribution in [-0.4, -0.2) is 16.0 Å². The lowest BCUT2D eigenvalue weighted by molar-refractivity contribution is -0.116. The van der Waals surface area contributed by atoms with Crippen molar-refractivity contribution in [1.82, 2.24) is 4.98 Å². The Morgan fingerprint density at radius 3 is 2.03 bits per heavy atom. The first-order valence-corrected chi connectivity index (χ1v) is 10.7. The van der Waals surface area contributed by atoms with E-state index in [1.165, 1.54) is 0 Å². The van der Waals surface area contributed by atoms with E-state index < -0.39 is 0 Å². The number of nitrogen functional groups attached to an aromatic ring is 1. The second kappa shape index (κ2) is 10.4. The van der Waals surface area contributed by atoms with Crippen LogP contribution in [0.3, 0.4) is 0 Å². The van der Waals surface area contributed by atoms with Crippen molar-refractivity contribution < 1.29 is 9.90 Å². The molecule has 0 saturated heterocycles. The van der Waals surface area contributed by atoms with E-state index in [1.54, 1.807) is 0 Å². The van der Waals surface area contributed by atoms with Gasteiger partial charge in [-0.1, -0.05) is 41.5 Å². The van der Waals surface area contributed by atoms with Gasteiger partial charge in [-0.05, 0) is 66.8 Å². The number of halogens is 1. The molecule has 0 saturated carbocycles. The summed E-state index contributed by atoms with van der Waals surface area (Å²) in [5.74, 6) is 0.842. The summed E-state index contributed by atoms with van der Waals surface area (Å²) >= 11 is 0. The molecule has 1 aromatic heterocycles. The number of nitrogens with one attached hydrogen (secondary N) is 1. The van der Waals surface area contributed by atoms with Crippen molar-refractivity contribution in [2.45, 2.75) is 85.0 Å². The lowest BCUT2D eigenvalue weighted by Crippen LogP contribution is -2.19. The fourth-order valence-corrected chi connectivity index (χ4v) is 3.56. The van der Waals surface area contributed by atoms with Gasteiger partial charge in [0.05, 0.1) is 0 Å². The van der Waals surface area contributed by atoms with E-state index in [1.807, 2.05) is 31.2 Å². The summed E-state index contributed by atoms with van der Waals surface area (Å²) in [6.45, 7) is 14.4. The van der Waals surface area contributed by atoms with Crippen molar-refractivity contribution in [1.29, 1.82) is 0 Å². The van der Waals surface area contributed by atoms with Crippen molar-refractivity contribution in [3.63, 3.8) is 0 Å². The third-order valence-electron chi connectivity index (χ3n) is 5.14.